The van der Waals surface area contributed by atoms with Crippen molar-refractivity contribution in [2.45, 2.75) is 26.7 Å². The molecule has 2 aromatic carbocycles. The predicted molar refractivity (Wildman–Crippen MR) is 129 cm³/mol. The summed E-state index contributed by atoms with van der Waals surface area (Å²) in [5.41, 5.74) is 0.525. The lowest BCUT2D eigenvalue weighted by atomic mass is 9.96. The van der Waals surface area contributed by atoms with Crippen LogP contribution in [-0.4, -0.2) is 62.3 Å². The molecule has 3 rings (SSSR count). The van der Waals surface area contributed by atoms with Gasteiger partial charge in [0.1, 0.15) is 5.75 Å². The molecule has 0 saturated carbocycles. The Morgan fingerprint density at radius 2 is 1.57 bits per heavy atom. The Balaban J connectivity index is 1.38. The second-order valence-electron chi connectivity index (χ2n) is 8.02. The van der Waals surface area contributed by atoms with Crippen LogP contribution in [0.15, 0.2) is 48.5 Å². The molecule has 2 amide bonds. The summed E-state index contributed by atoms with van der Waals surface area (Å²) < 4.78 is 20.9. The largest absolute Gasteiger partial charge is 0.513 e. The average Bonchev–Trinajstić information content (AvgIpc) is 2.87. The van der Waals surface area contributed by atoms with Crippen molar-refractivity contribution in [2.75, 3.05) is 39.5 Å². The van der Waals surface area contributed by atoms with Crippen LogP contribution in [-0.2, 0) is 9.53 Å². The molecule has 1 aliphatic rings. The third kappa shape index (κ3) is 7.91. The zero-order valence-electron chi connectivity index (χ0n) is 20.2. The monoisotopic (exact) mass is 484 g/mol. The van der Waals surface area contributed by atoms with Gasteiger partial charge in [-0.25, -0.2) is 4.79 Å². The fraction of sp³-hybridized carbons (Fsp3) is 0.423. The topological polar surface area (TPSA) is 103 Å². The fourth-order valence-corrected chi connectivity index (χ4v) is 3.73. The predicted octanol–water partition coefficient (Wildman–Crippen LogP) is 3.67. The number of benzene rings is 2. The molecule has 9 heteroatoms. The number of hydrogen-bond donors (Lipinski definition) is 1. The van der Waals surface area contributed by atoms with E-state index in [-0.39, 0.29) is 25.0 Å². The molecule has 0 aliphatic carbocycles. The molecule has 0 unspecified atom stereocenters. The van der Waals surface area contributed by atoms with Crippen molar-refractivity contribution in [1.29, 1.82) is 0 Å². The maximum atomic E-state index is 12.8. The second-order valence-corrected chi connectivity index (χ2v) is 8.02. The van der Waals surface area contributed by atoms with Crippen molar-refractivity contribution in [3.63, 3.8) is 0 Å². The van der Waals surface area contributed by atoms with E-state index in [0.717, 1.165) is 12.8 Å². The summed E-state index contributed by atoms with van der Waals surface area (Å²) in [6, 6.07) is 13.7. The van der Waals surface area contributed by atoms with Gasteiger partial charge in [-0.3, -0.25) is 9.59 Å². The first kappa shape index (κ1) is 25.9. The third-order valence-electron chi connectivity index (χ3n) is 5.56. The molecule has 1 saturated heterocycles. The maximum Gasteiger partial charge on any atom is 0.513 e. The molecule has 1 aliphatic heterocycles. The highest BCUT2D eigenvalue weighted by atomic mass is 16.7. The molecule has 0 atom stereocenters. The normalized spacial score (nSPS) is 13.6. The molecule has 0 radical (unpaired) electrons. The van der Waals surface area contributed by atoms with E-state index in [9.17, 15) is 14.4 Å². The van der Waals surface area contributed by atoms with E-state index in [4.69, 9.17) is 18.9 Å². The summed E-state index contributed by atoms with van der Waals surface area (Å²) in [7, 11) is 0. The van der Waals surface area contributed by atoms with Crippen molar-refractivity contribution in [2.24, 2.45) is 5.92 Å². The van der Waals surface area contributed by atoms with E-state index >= 15 is 0 Å². The molecule has 1 N–H and O–H groups in total. The van der Waals surface area contributed by atoms with Crippen molar-refractivity contribution in [1.82, 2.24) is 10.2 Å². The molecular formula is C26H32N2O7. The van der Waals surface area contributed by atoms with Gasteiger partial charge in [-0.15, -0.1) is 0 Å². The Hall–Kier alpha value is -3.75. The number of carbonyl (C=O) groups is 3. The number of carbonyl (C=O) groups excluding carboxylic acids is 3. The number of nitrogens with zero attached hydrogens (tertiary/aromatic N) is 1. The number of rotatable bonds is 10. The van der Waals surface area contributed by atoms with E-state index in [1.807, 2.05) is 19.1 Å². The maximum absolute atomic E-state index is 12.8. The quantitative estimate of drug-likeness (QED) is 0.405. The van der Waals surface area contributed by atoms with Gasteiger partial charge in [0.15, 0.2) is 18.1 Å². The summed E-state index contributed by atoms with van der Waals surface area (Å²) in [6.07, 6.45) is 0.816. The second kappa shape index (κ2) is 13.2. The molecule has 35 heavy (non-hydrogen) atoms. The Labute approximate surface area is 205 Å². The van der Waals surface area contributed by atoms with Crippen molar-refractivity contribution < 1.29 is 33.3 Å². The zero-order valence-corrected chi connectivity index (χ0v) is 20.2. The van der Waals surface area contributed by atoms with Gasteiger partial charge in [-0.05, 0) is 69.0 Å². The van der Waals surface area contributed by atoms with Crippen molar-refractivity contribution in [3.05, 3.63) is 54.1 Å². The summed E-state index contributed by atoms with van der Waals surface area (Å²) in [5, 5.41) is 2.92. The van der Waals surface area contributed by atoms with Gasteiger partial charge in [0, 0.05) is 25.2 Å². The molecule has 9 nitrogen and oxygen atoms in total. The highest BCUT2D eigenvalue weighted by Crippen LogP contribution is 2.26. The van der Waals surface area contributed by atoms with Crippen LogP contribution in [0.1, 0.15) is 37.0 Å². The van der Waals surface area contributed by atoms with Crippen LogP contribution in [0.2, 0.25) is 0 Å². The fourth-order valence-electron chi connectivity index (χ4n) is 3.73. The molecule has 0 spiro atoms. The smallest absolute Gasteiger partial charge is 0.490 e. The minimum Gasteiger partial charge on any atom is -0.490 e. The lowest BCUT2D eigenvalue weighted by molar-refractivity contribution is -0.123. The van der Waals surface area contributed by atoms with Gasteiger partial charge in [-0.1, -0.05) is 12.1 Å². The standard InChI is InChI=1S/C26H32N2O7/c1-3-32-22-7-5-6-8-23(22)34-18-24(29)27-17-19-13-15-28(16-14-19)25(30)20-9-11-21(12-10-20)35-26(31)33-4-2/h5-12,19H,3-4,13-18H2,1-2H3,(H,27,29). The van der Waals surface area contributed by atoms with Gasteiger partial charge in [0.05, 0.1) is 13.2 Å². The number of nitrogens with one attached hydrogen (secondary N) is 1. The van der Waals surface area contributed by atoms with E-state index in [1.54, 1.807) is 48.2 Å². The zero-order chi connectivity index (χ0) is 25.0. The molecule has 0 bridgehead atoms. The number of para-hydroxylation sites is 2. The van der Waals surface area contributed by atoms with Gasteiger partial charge in [0.25, 0.3) is 11.8 Å². The molecular weight excluding hydrogens is 452 g/mol. The lowest BCUT2D eigenvalue weighted by Crippen LogP contribution is -2.42. The highest BCUT2D eigenvalue weighted by Gasteiger charge is 2.24. The van der Waals surface area contributed by atoms with Gasteiger partial charge < -0.3 is 29.2 Å². The first-order chi connectivity index (χ1) is 17.0. The SMILES string of the molecule is CCOC(=O)Oc1ccc(C(=O)N2CCC(CNC(=O)COc3ccccc3OCC)CC2)cc1. The summed E-state index contributed by atoms with van der Waals surface area (Å²) in [4.78, 5) is 38.2. The van der Waals surface area contributed by atoms with Crippen molar-refractivity contribution in [3.8, 4) is 17.2 Å². The number of amides is 2. The Bertz CT molecular complexity index is 985. The van der Waals surface area contributed by atoms with Crippen LogP contribution >= 0.6 is 0 Å². The summed E-state index contributed by atoms with van der Waals surface area (Å²) >= 11 is 0. The van der Waals surface area contributed by atoms with E-state index in [0.29, 0.717) is 55.0 Å². The first-order valence-corrected chi connectivity index (χ1v) is 11.8. The minimum absolute atomic E-state index is 0.0727. The molecule has 0 aromatic heterocycles. The first-order valence-electron chi connectivity index (χ1n) is 11.8. The highest BCUT2D eigenvalue weighted by molar-refractivity contribution is 5.94. The van der Waals surface area contributed by atoms with Gasteiger partial charge >= 0.3 is 6.16 Å². The Morgan fingerprint density at radius 1 is 0.914 bits per heavy atom. The lowest BCUT2D eigenvalue weighted by Gasteiger charge is -2.32. The van der Waals surface area contributed by atoms with Gasteiger partial charge in [-0.2, -0.15) is 0 Å². The summed E-state index contributed by atoms with van der Waals surface area (Å²) in [5.74, 6) is 1.49. The van der Waals surface area contributed by atoms with Crippen LogP contribution in [0.5, 0.6) is 17.2 Å². The minimum atomic E-state index is -0.775. The number of hydrogen-bond acceptors (Lipinski definition) is 7. The Morgan fingerprint density at radius 3 is 2.20 bits per heavy atom. The molecule has 188 valence electrons. The average molecular weight is 485 g/mol. The van der Waals surface area contributed by atoms with Crippen molar-refractivity contribution >= 4 is 18.0 Å². The molecule has 1 heterocycles. The van der Waals surface area contributed by atoms with Crippen LogP contribution in [0.25, 0.3) is 0 Å². The Kier molecular flexibility index (Phi) is 9.77. The van der Waals surface area contributed by atoms with Crippen LogP contribution in [0, 0.1) is 5.92 Å². The number of ether oxygens (including phenoxy) is 4. The molecule has 1 fully saturated rings. The third-order valence-corrected chi connectivity index (χ3v) is 5.56. The van der Waals surface area contributed by atoms with E-state index < -0.39 is 6.16 Å². The van der Waals surface area contributed by atoms with E-state index in [2.05, 4.69) is 5.32 Å². The van der Waals surface area contributed by atoms with Crippen LogP contribution < -0.4 is 19.5 Å². The van der Waals surface area contributed by atoms with Crippen LogP contribution in [0.3, 0.4) is 0 Å². The van der Waals surface area contributed by atoms with Gasteiger partial charge in [0.2, 0.25) is 0 Å². The number of likely N-dealkylation sites (tertiary alicyclic amines) is 1. The molecule has 2 aromatic rings. The summed E-state index contributed by atoms with van der Waals surface area (Å²) in [6.45, 7) is 6.00. The van der Waals surface area contributed by atoms with E-state index in [1.165, 1.54) is 0 Å². The number of piperidine rings is 1. The van der Waals surface area contributed by atoms with Crippen LogP contribution in [0.4, 0.5) is 4.79 Å².